The van der Waals surface area contributed by atoms with E-state index in [-0.39, 0.29) is 5.54 Å². The highest BCUT2D eigenvalue weighted by molar-refractivity contribution is 6.30. The second kappa shape index (κ2) is 3.25. The molecule has 0 atom stereocenters. The molecule has 0 saturated heterocycles. The standard InChI is InChI=1S/C12H16ClN/c1-12(2,3)14-7-9-4-5-11(13)6-10(9)8-14/h4-6H,7-8H2,1-3H3. The van der Waals surface area contributed by atoms with Crippen LogP contribution in [0.4, 0.5) is 0 Å². The molecule has 0 fully saturated rings. The van der Waals surface area contributed by atoms with E-state index in [9.17, 15) is 0 Å². The molecule has 1 heterocycles. The van der Waals surface area contributed by atoms with E-state index in [4.69, 9.17) is 11.6 Å². The fraction of sp³-hybridized carbons (Fsp3) is 0.500. The van der Waals surface area contributed by atoms with Crippen molar-refractivity contribution < 1.29 is 0 Å². The smallest absolute Gasteiger partial charge is 0.0409 e. The quantitative estimate of drug-likeness (QED) is 0.633. The Hall–Kier alpha value is -0.530. The molecule has 1 aliphatic heterocycles. The van der Waals surface area contributed by atoms with Crippen molar-refractivity contribution in [3.63, 3.8) is 0 Å². The maximum atomic E-state index is 5.97. The Bertz CT molecular complexity index is 352. The molecule has 0 aromatic heterocycles. The van der Waals surface area contributed by atoms with Crippen LogP contribution >= 0.6 is 11.6 Å². The van der Waals surface area contributed by atoms with Crippen molar-refractivity contribution >= 4 is 11.6 Å². The largest absolute Gasteiger partial charge is 0.290 e. The maximum absolute atomic E-state index is 5.97. The number of nitrogens with zero attached hydrogens (tertiary/aromatic N) is 1. The van der Waals surface area contributed by atoms with E-state index in [1.807, 2.05) is 6.07 Å². The molecule has 0 bridgehead atoms. The minimum Gasteiger partial charge on any atom is -0.290 e. The van der Waals surface area contributed by atoms with Gasteiger partial charge < -0.3 is 0 Å². The summed E-state index contributed by atoms with van der Waals surface area (Å²) in [5, 5.41) is 0.847. The van der Waals surface area contributed by atoms with Crippen molar-refractivity contribution in [2.45, 2.75) is 39.4 Å². The minimum absolute atomic E-state index is 0.242. The summed E-state index contributed by atoms with van der Waals surface area (Å²) in [7, 11) is 0. The van der Waals surface area contributed by atoms with Crippen LogP contribution in [0.25, 0.3) is 0 Å². The molecule has 0 amide bonds. The van der Waals surface area contributed by atoms with Crippen LogP contribution in [0.2, 0.25) is 5.02 Å². The molecule has 2 heteroatoms. The first kappa shape index (κ1) is 10.0. The van der Waals surface area contributed by atoms with Crippen LogP contribution in [-0.4, -0.2) is 10.4 Å². The summed E-state index contributed by atoms with van der Waals surface area (Å²) >= 11 is 5.97. The summed E-state index contributed by atoms with van der Waals surface area (Å²) < 4.78 is 0. The van der Waals surface area contributed by atoms with Crippen LogP contribution in [0.1, 0.15) is 31.9 Å². The summed E-state index contributed by atoms with van der Waals surface area (Å²) in [6.45, 7) is 8.83. The molecule has 76 valence electrons. The summed E-state index contributed by atoms with van der Waals surface area (Å²) in [4.78, 5) is 2.47. The first-order valence-electron chi connectivity index (χ1n) is 4.99. The van der Waals surface area contributed by atoms with Gasteiger partial charge in [0.25, 0.3) is 0 Å². The highest BCUT2D eigenvalue weighted by Crippen LogP contribution is 2.30. The van der Waals surface area contributed by atoms with Crippen molar-refractivity contribution in [2.24, 2.45) is 0 Å². The summed E-state index contributed by atoms with van der Waals surface area (Å²) in [6, 6.07) is 6.21. The van der Waals surface area contributed by atoms with Crippen LogP contribution in [0.5, 0.6) is 0 Å². The van der Waals surface area contributed by atoms with Gasteiger partial charge in [0.1, 0.15) is 0 Å². The first-order valence-corrected chi connectivity index (χ1v) is 5.37. The third-order valence-electron chi connectivity index (χ3n) is 2.84. The van der Waals surface area contributed by atoms with E-state index < -0.39 is 0 Å². The zero-order valence-corrected chi connectivity index (χ0v) is 9.73. The Morgan fingerprint density at radius 3 is 2.43 bits per heavy atom. The number of halogens is 1. The monoisotopic (exact) mass is 209 g/mol. The first-order chi connectivity index (χ1) is 6.47. The topological polar surface area (TPSA) is 3.24 Å². The molecule has 1 aliphatic rings. The second-order valence-electron chi connectivity index (χ2n) is 4.94. The van der Waals surface area contributed by atoms with Gasteiger partial charge >= 0.3 is 0 Å². The molecule has 1 aromatic carbocycles. The SMILES string of the molecule is CC(C)(C)N1Cc2ccc(Cl)cc2C1. The van der Waals surface area contributed by atoms with Gasteiger partial charge in [-0.15, -0.1) is 0 Å². The van der Waals surface area contributed by atoms with Gasteiger partial charge in [-0.05, 0) is 44.0 Å². The van der Waals surface area contributed by atoms with Gasteiger partial charge in [-0.1, -0.05) is 17.7 Å². The normalized spacial score (nSPS) is 17.1. The predicted molar refractivity (Wildman–Crippen MR) is 60.5 cm³/mol. The van der Waals surface area contributed by atoms with Gasteiger partial charge in [-0.25, -0.2) is 0 Å². The molecule has 0 unspecified atom stereocenters. The molecule has 0 radical (unpaired) electrons. The lowest BCUT2D eigenvalue weighted by molar-refractivity contribution is 0.136. The average molecular weight is 210 g/mol. The molecular weight excluding hydrogens is 194 g/mol. The van der Waals surface area contributed by atoms with E-state index >= 15 is 0 Å². The highest BCUT2D eigenvalue weighted by Gasteiger charge is 2.27. The molecule has 0 saturated carbocycles. The highest BCUT2D eigenvalue weighted by atomic mass is 35.5. The minimum atomic E-state index is 0.242. The third-order valence-corrected chi connectivity index (χ3v) is 3.07. The van der Waals surface area contributed by atoms with E-state index in [1.54, 1.807) is 0 Å². The number of rotatable bonds is 0. The van der Waals surface area contributed by atoms with Crippen LogP contribution in [0.3, 0.4) is 0 Å². The van der Waals surface area contributed by atoms with Crippen LogP contribution < -0.4 is 0 Å². The van der Waals surface area contributed by atoms with E-state index in [0.29, 0.717) is 0 Å². The Labute approximate surface area is 90.7 Å². The van der Waals surface area contributed by atoms with E-state index in [2.05, 4.69) is 37.8 Å². The predicted octanol–water partition coefficient (Wildman–Crippen LogP) is 3.45. The van der Waals surface area contributed by atoms with Crippen LogP contribution in [-0.2, 0) is 13.1 Å². The second-order valence-corrected chi connectivity index (χ2v) is 5.38. The Balaban J connectivity index is 2.26. The zero-order valence-electron chi connectivity index (χ0n) is 8.97. The molecule has 1 aromatic rings. The molecule has 0 aliphatic carbocycles. The van der Waals surface area contributed by atoms with E-state index in [1.165, 1.54) is 11.1 Å². The lowest BCUT2D eigenvalue weighted by Crippen LogP contribution is -2.36. The molecular formula is C12H16ClN. The Morgan fingerprint density at radius 1 is 1.14 bits per heavy atom. The number of fused-ring (bicyclic) bond motifs is 1. The van der Waals surface area contributed by atoms with Gasteiger partial charge in [0.15, 0.2) is 0 Å². The maximum Gasteiger partial charge on any atom is 0.0409 e. The Morgan fingerprint density at radius 2 is 1.79 bits per heavy atom. The zero-order chi connectivity index (χ0) is 10.3. The number of hydrogen-bond donors (Lipinski definition) is 0. The summed E-state index contributed by atoms with van der Waals surface area (Å²) in [5.74, 6) is 0. The van der Waals surface area contributed by atoms with Crippen molar-refractivity contribution in [1.82, 2.24) is 4.90 Å². The fourth-order valence-corrected chi connectivity index (χ4v) is 2.03. The molecule has 1 nitrogen and oxygen atoms in total. The van der Waals surface area contributed by atoms with E-state index in [0.717, 1.165) is 18.1 Å². The molecule has 2 rings (SSSR count). The fourth-order valence-electron chi connectivity index (χ4n) is 1.84. The molecule has 0 spiro atoms. The third kappa shape index (κ3) is 1.79. The number of hydrogen-bond acceptors (Lipinski definition) is 1. The summed E-state index contributed by atoms with van der Waals surface area (Å²) in [6.07, 6.45) is 0. The molecule has 14 heavy (non-hydrogen) atoms. The average Bonchev–Trinajstić information content (AvgIpc) is 2.45. The Kier molecular flexibility index (Phi) is 2.32. The van der Waals surface area contributed by atoms with Crippen molar-refractivity contribution in [3.8, 4) is 0 Å². The summed E-state index contributed by atoms with van der Waals surface area (Å²) in [5.41, 5.74) is 3.04. The van der Waals surface area contributed by atoms with Crippen molar-refractivity contribution in [2.75, 3.05) is 0 Å². The van der Waals surface area contributed by atoms with Crippen LogP contribution in [0, 0.1) is 0 Å². The van der Waals surface area contributed by atoms with Gasteiger partial charge in [0.05, 0.1) is 0 Å². The lowest BCUT2D eigenvalue weighted by atomic mass is 10.1. The molecule has 0 N–H and O–H groups in total. The van der Waals surface area contributed by atoms with Crippen molar-refractivity contribution in [3.05, 3.63) is 34.3 Å². The van der Waals surface area contributed by atoms with Gasteiger partial charge in [-0.3, -0.25) is 4.90 Å². The van der Waals surface area contributed by atoms with Gasteiger partial charge in [0, 0.05) is 23.7 Å². The van der Waals surface area contributed by atoms with Crippen molar-refractivity contribution in [1.29, 1.82) is 0 Å². The van der Waals surface area contributed by atoms with Gasteiger partial charge in [-0.2, -0.15) is 0 Å². The lowest BCUT2D eigenvalue weighted by Gasteiger charge is -2.31. The van der Waals surface area contributed by atoms with Gasteiger partial charge in [0.2, 0.25) is 0 Å². The van der Waals surface area contributed by atoms with Crippen LogP contribution in [0.15, 0.2) is 18.2 Å². The number of benzene rings is 1.